The van der Waals surface area contributed by atoms with Crippen molar-refractivity contribution >= 4 is 22.4 Å². The van der Waals surface area contributed by atoms with Crippen LogP contribution in [0.1, 0.15) is 5.56 Å². The van der Waals surface area contributed by atoms with E-state index in [0.717, 1.165) is 22.4 Å². The number of phenols is 1. The summed E-state index contributed by atoms with van der Waals surface area (Å²) in [6, 6.07) is 13.0. The Hall–Kier alpha value is -2.66. The molecule has 4 N–H and O–H groups in total. The molecule has 0 aliphatic heterocycles. The maximum atomic E-state index is 9.64. The third-order valence-corrected chi connectivity index (χ3v) is 3.10. The molecule has 1 heterocycles. The third kappa shape index (κ3) is 2.26. The van der Waals surface area contributed by atoms with E-state index in [4.69, 9.17) is 5.73 Å². The van der Waals surface area contributed by atoms with E-state index in [0.29, 0.717) is 5.56 Å². The van der Waals surface area contributed by atoms with Crippen molar-refractivity contribution in [1.29, 1.82) is 0 Å². The van der Waals surface area contributed by atoms with E-state index in [-0.39, 0.29) is 12.3 Å². The largest absolute Gasteiger partial charge is 0.508 e. The number of nitrogens with one attached hydrogen (secondary N) is 1. The van der Waals surface area contributed by atoms with Crippen LogP contribution in [0.3, 0.4) is 0 Å². The summed E-state index contributed by atoms with van der Waals surface area (Å²) < 4.78 is 0. The Kier molecular flexibility index (Phi) is 3.18. The lowest BCUT2D eigenvalue weighted by atomic mass is 10.1. The van der Waals surface area contributed by atoms with Gasteiger partial charge in [0.2, 0.25) is 0 Å². The lowest BCUT2D eigenvalue weighted by Gasteiger charge is -2.10. The van der Waals surface area contributed by atoms with Gasteiger partial charge in [-0.2, -0.15) is 0 Å². The fourth-order valence-electron chi connectivity index (χ4n) is 2.07. The summed E-state index contributed by atoms with van der Waals surface area (Å²) in [5, 5.41) is 13.8. The Bertz CT molecular complexity index is 752. The van der Waals surface area contributed by atoms with Gasteiger partial charge in [0, 0.05) is 23.2 Å². The lowest BCUT2D eigenvalue weighted by molar-refractivity contribution is 0.468. The molecule has 5 nitrogen and oxygen atoms in total. The Morgan fingerprint density at radius 2 is 1.95 bits per heavy atom. The van der Waals surface area contributed by atoms with Gasteiger partial charge in [-0.15, -0.1) is 0 Å². The lowest BCUT2D eigenvalue weighted by Crippen LogP contribution is -2.00. The molecule has 0 amide bonds. The summed E-state index contributed by atoms with van der Waals surface area (Å²) in [6.45, 7) is 0.284. The summed E-state index contributed by atoms with van der Waals surface area (Å²) >= 11 is 0. The number of hydrogen-bond donors (Lipinski definition) is 3. The summed E-state index contributed by atoms with van der Waals surface area (Å²) in [4.78, 5) is 8.48. The van der Waals surface area contributed by atoms with Gasteiger partial charge in [-0.25, -0.2) is 9.97 Å². The molecule has 0 fully saturated rings. The van der Waals surface area contributed by atoms with Crippen LogP contribution in [0.5, 0.6) is 5.75 Å². The summed E-state index contributed by atoms with van der Waals surface area (Å²) in [5.41, 5.74) is 7.98. The average molecular weight is 266 g/mol. The molecule has 0 saturated carbocycles. The fraction of sp³-hybridized carbons (Fsp3) is 0.0667. The molecule has 0 saturated heterocycles. The third-order valence-electron chi connectivity index (χ3n) is 3.10. The highest BCUT2D eigenvalue weighted by Crippen LogP contribution is 2.26. The second-order valence-corrected chi connectivity index (χ2v) is 4.41. The van der Waals surface area contributed by atoms with Crippen LogP contribution in [0.15, 0.2) is 48.8 Å². The minimum atomic E-state index is 0.200. The first kappa shape index (κ1) is 12.4. The second kappa shape index (κ2) is 5.14. The van der Waals surface area contributed by atoms with Gasteiger partial charge in [-0.05, 0) is 30.3 Å². The van der Waals surface area contributed by atoms with E-state index in [1.165, 1.54) is 6.33 Å². The van der Waals surface area contributed by atoms with Gasteiger partial charge in [0.15, 0.2) is 0 Å². The van der Waals surface area contributed by atoms with Crippen LogP contribution in [-0.2, 0) is 6.54 Å². The van der Waals surface area contributed by atoms with Gasteiger partial charge >= 0.3 is 0 Å². The predicted molar refractivity (Wildman–Crippen MR) is 78.8 cm³/mol. The van der Waals surface area contributed by atoms with Crippen molar-refractivity contribution in [1.82, 2.24) is 9.97 Å². The first-order valence-corrected chi connectivity index (χ1v) is 6.26. The summed E-state index contributed by atoms with van der Waals surface area (Å²) in [7, 11) is 0. The quantitative estimate of drug-likeness (QED) is 0.634. The number of hydrogen-bond acceptors (Lipinski definition) is 5. The molecule has 1 aromatic heterocycles. The number of rotatable bonds is 3. The Morgan fingerprint density at radius 3 is 2.80 bits per heavy atom. The molecule has 0 atom stereocenters. The molecule has 0 spiro atoms. The normalized spacial score (nSPS) is 10.7. The van der Waals surface area contributed by atoms with Gasteiger partial charge in [-0.1, -0.05) is 12.1 Å². The molecule has 0 unspecified atom stereocenters. The molecular formula is C15H14N4O. The highest BCUT2D eigenvalue weighted by molar-refractivity contribution is 5.90. The number of para-hydroxylation sites is 1. The van der Waals surface area contributed by atoms with Crippen LogP contribution >= 0.6 is 0 Å². The van der Waals surface area contributed by atoms with E-state index in [1.54, 1.807) is 12.1 Å². The molecule has 3 rings (SSSR count). The topological polar surface area (TPSA) is 84.1 Å². The van der Waals surface area contributed by atoms with E-state index in [1.807, 2.05) is 30.3 Å². The number of nitrogens with zero attached hydrogens (tertiary/aromatic N) is 2. The van der Waals surface area contributed by atoms with Crippen LogP contribution in [0.4, 0.5) is 11.5 Å². The number of nitrogens with two attached hydrogens (primary N) is 1. The van der Waals surface area contributed by atoms with E-state index < -0.39 is 0 Å². The van der Waals surface area contributed by atoms with Crippen molar-refractivity contribution in [3.8, 4) is 5.75 Å². The number of phenolic OH excluding ortho intramolecular Hbond substituents is 1. The van der Waals surface area contributed by atoms with Crippen LogP contribution in [-0.4, -0.2) is 15.1 Å². The molecule has 0 aliphatic carbocycles. The van der Waals surface area contributed by atoms with Crippen molar-refractivity contribution in [2.45, 2.75) is 6.54 Å². The summed E-state index contributed by atoms with van der Waals surface area (Å²) in [5.74, 6) is 0.926. The minimum absolute atomic E-state index is 0.200. The van der Waals surface area contributed by atoms with Gasteiger partial charge < -0.3 is 16.2 Å². The average Bonchev–Trinajstić information content (AvgIpc) is 2.49. The molecule has 0 bridgehead atoms. The van der Waals surface area contributed by atoms with Crippen LogP contribution in [0.2, 0.25) is 0 Å². The van der Waals surface area contributed by atoms with Crippen LogP contribution < -0.4 is 11.1 Å². The zero-order chi connectivity index (χ0) is 13.9. The first-order chi connectivity index (χ1) is 9.78. The van der Waals surface area contributed by atoms with Gasteiger partial charge in [0.05, 0.1) is 5.52 Å². The van der Waals surface area contributed by atoms with E-state index in [9.17, 15) is 5.11 Å². The second-order valence-electron chi connectivity index (χ2n) is 4.41. The number of anilines is 2. The fourth-order valence-corrected chi connectivity index (χ4v) is 2.07. The maximum Gasteiger partial charge on any atom is 0.141 e. The smallest absolute Gasteiger partial charge is 0.141 e. The van der Waals surface area contributed by atoms with Crippen LogP contribution in [0.25, 0.3) is 10.9 Å². The Balaban J connectivity index is 2.01. The van der Waals surface area contributed by atoms with Crippen molar-refractivity contribution in [2.24, 2.45) is 5.73 Å². The minimum Gasteiger partial charge on any atom is -0.508 e. The maximum absolute atomic E-state index is 9.64. The van der Waals surface area contributed by atoms with Crippen molar-refractivity contribution < 1.29 is 5.11 Å². The number of aromatic hydroxyl groups is 1. The van der Waals surface area contributed by atoms with Gasteiger partial charge in [0.1, 0.15) is 17.9 Å². The molecular weight excluding hydrogens is 252 g/mol. The first-order valence-electron chi connectivity index (χ1n) is 6.26. The molecule has 100 valence electrons. The van der Waals surface area contributed by atoms with Crippen LogP contribution in [0, 0.1) is 0 Å². The summed E-state index contributed by atoms with van der Waals surface area (Å²) in [6.07, 6.45) is 1.52. The SMILES string of the molecule is NCc1cc(Nc2ncnc3ccccc23)ccc1O. The molecule has 20 heavy (non-hydrogen) atoms. The molecule has 0 radical (unpaired) electrons. The molecule has 5 heteroatoms. The predicted octanol–water partition coefficient (Wildman–Crippen LogP) is 2.54. The Labute approximate surface area is 116 Å². The number of fused-ring (bicyclic) bond motifs is 1. The molecule has 0 aliphatic rings. The van der Waals surface area contributed by atoms with Crippen molar-refractivity contribution in [2.75, 3.05) is 5.32 Å². The molecule has 3 aromatic rings. The highest BCUT2D eigenvalue weighted by atomic mass is 16.3. The number of benzene rings is 2. The number of aromatic nitrogens is 2. The Morgan fingerprint density at radius 1 is 1.10 bits per heavy atom. The van der Waals surface area contributed by atoms with E-state index in [2.05, 4.69) is 15.3 Å². The molecule has 2 aromatic carbocycles. The monoisotopic (exact) mass is 266 g/mol. The van der Waals surface area contributed by atoms with Crippen molar-refractivity contribution in [3.05, 3.63) is 54.4 Å². The zero-order valence-electron chi connectivity index (χ0n) is 10.7. The van der Waals surface area contributed by atoms with Gasteiger partial charge in [0.25, 0.3) is 0 Å². The van der Waals surface area contributed by atoms with Gasteiger partial charge in [-0.3, -0.25) is 0 Å². The van der Waals surface area contributed by atoms with E-state index >= 15 is 0 Å². The highest BCUT2D eigenvalue weighted by Gasteiger charge is 2.05. The standard InChI is InChI=1S/C15H14N4O/c16-8-10-7-11(5-6-14(10)20)19-15-12-3-1-2-4-13(12)17-9-18-15/h1-7,9,20H,8,16H2,(H,17,18,19). The zero-order valence-corrected chi connectivity index (χ0v) is 10.7. The van der Waals surface area contributed by atoms with Crippen molar-refractivity contribution in [3.63, 3.8) is 0 Å².